The highest BCUT2D eigenvalue weighted by molar-refractivity contribution is 9.10. The molecule has 0 saturated carbocycles. The predicted molar refractivity (Wildman–Crippen MR) is 526 cm³/mol. The van der Waals surface area contributed by atoms with Gasteiger partial charge in [-0.2, -0.15) is 10.3 Å². The summed E-state index contributed by atoms with van der Waals surface area (Å²) in [5.74, 6) is 0.0255. The van der Waals surface area contributed by atoms with Crippen molar-refractivity contribution in [2.24, 2.45) is 65.4 Å². The van der Waals surface area contributed by atoms with E-state index in [1.54, 1.807) is 74.8 Å². The number of rotatable bonds is 11. The van der Waals surface area contributed by atoms with Gasteiger partial charge in [0.1, 0.15) is 106 Å². The molecular formula is C106H115BrF8N10O14Si2. The van der Waals surface area contributed by atoms with E-state index in [1.807, 2.05) is 36.5 Å². The minimum Gasteiger partial charge on any atom is -0.489 e. The summed E-state index contributed by atoms with van der Waals surface area (Å²) in [4.78, 5) is 50.3. The maximum absolute atomic E-state index is 13.8. The van der Waals surface area contributed by atoms with Crippen molar-refractivity contribution < 1.29 is 102 Å². The molecule has 12 atom stereocenters. The largest absolute Gasteiger partial charge is 0.489 e. The molecule has 4 N–H and O–H groups in total. The Kier molecular flexibility index (Phi) is 32.6. The third kappa shape index (κ3) is 25.8. The van der Waals surface area contributed by atoms with E-state index in [4.69, 9.17) is 73.8 Å². The minimum atomic E-state index is -1.31. The first-order valence-corrected chi connectivity index (χ1v) is 55.5. The molecule has 24 nitrogen and oxygen atoms in total. The molecule has 2 spiro atoms. The lowest BCUT2D eigenvalue weighted by atomic mass is 9.84. The van der Waals surface area contributed by atoms with Crippen LogP contribution >= 0.6 is 15.9 Å². The number of fused-ring (bicyclic) bond motifs is 7. The fraction of sp³-hybridized carbons (Fsp3) is 0.425. The number of nitrogens with zero attached hydrogens (tertiary/aromatic N) is 8. The Hall–Kier alpha value is -11.5. The molecule has 5 fully saturated rings. The Labute approximate surface area is 825 Å². The Morgan fingerprint density at radius 2 is 0.674 bits per heavy atom. The Morgan fingerprint density at radius 1 is 0.383 bits per heavy atom. The summed E-state index contributed by atoms with van der Waals surface area (Å²) >= 11 is 3.38. The van der Waals surface area contributed by atoms with Gasteiger partial charge < -0.3 is 58.8 Å². The Balaban J connectivity index is 0.000000124. The van der Waals surface area contributed by atoms with Crippen LogP contribution in [0, 0.1) is 87.6 Å². The molecule has 0 aliphatic carbocycles. The number of carbonyl (C=O) groups is 2. The van der Waals surface area contributed by atoms with Gasteiger partial charge in [-0.25, -0.2) is 64.9 Å². The molecule has 9 aromatic carbocycles. The van der Waals surface area contributed by atoms with Gasteiger partial charge in [0.05, 0.1) is 67.0 Å². The summed E-state index contributed by atoms with van der Waals surface area (Å²) in [6.45, 7) is 20.2. The maximum atomic E-state index is 13.8. The summed E-state index contributed by atoms with van der Waals surface area (Å²) in [7, 11) is 0.774. The lowest BCUT2D eigenvalue weighted by molar-refractivity contribution is -0.197. The van der Waals surface area contributed by atoms with Crippen molar-refractivity contribution in [2.75, 3.05) is 80.2 Å². The third-order valence-corrected chi connectivity index (χ3v) is 28.3. The lowest BCUT2D eigenvalue weighted by Crippen LogP contribution is -2.44. The van der Waals surface area contributed by atoms with Gasteiger partial charge in [0.25, 0.3) is 0 Å². The summed E-state index contributed by atoms with van der Waals surface area (Å²) in [5.41, 5.74) is 18.0. The number of aliphatic imine (C=N–C) groups is 3. The molecule has 5 saturated heterocycles. The zero-order chi connectivity index (χ0) is 99.6. The molecule has 0 radical (unpaired) electrons. The maximum Gasteiger partial charge on any atom is 0.221 e. The summed E-state index contributed by atoms with van der Waals surface area (Å²) < 4.78 is 177. The number of ketones is 2. The van der Waals surface area contributed by atoms with Crippen LogP contribution in [0.4, 0.5) is 35.1 Å². The molecule has 35 heteroatoms. The molecule has 0 amide bonds. The molecule has 0 unspecified atom stereocenters. The number of hydrogen-bond donors (Lipinski definition) is 2. The first-order chi connectivity index (χ1) is 67.5. The van der Waals surface area contributed by atoms with E-state index in [2.05, 4.69) is 85.5 Å². The highest BCUT2D eigenvalue weighted by Crippen LogP contribution is 2.52. The molecule has 0 aromatic heterocycles. The monoisotopic (exact) mass is 2040 g/mol. The van der Waals surface area contributed by atoms with Gasteiger partial charge in [-0.15, -0.1) is 0 Å². The van der Waals surface area contributed by atoms with Crippen molar-refractivity contribution in [1.29, 1.82) is 5.26 Å². The second-order valence-electron chi connectivity index (χ2n) is 39.2. The van der Waals surface area contributed by atoms with E-state index in [-0.39, 0.29) is 77.7 Å². The van der Waals surface area contributed by atoms with Gasteiger partial charge in [0.2, 0.25) is 29.6 Å². The van der Waals surface area contributed by atoms with Gasteiger partial charge in [0.15, 0.2) is 28.0 Å². The SMILES string of the molecule is CN1O[C@@]2(C[C@@H]([C@@H]3CCCOC3)Oc3ccc(-c4cc(F)cc(F)c4)cc32)N=C1N.CN1O[C@]2(C[C@@H]([C@@H]3CCCOC3)Oc3ccc(-c4cc(F)cc(F)c4)cc32)N=C1N.C[Si](C)(C)N=C=N[Si](C)(C)C.N#CN=C1C[C@@H]([C@@H]2CCCOC2)Oc2ccc(-c3cc(F)cc(F)c3)cc21.O=C1C[C@@H]([C@@H]2CCCOC2)Oc2ccc(-c3cc(F)cc(F)c3)cc21.O=C1C[C@@H]([C@@H]2CCCOC2)Oc2ccc(Br)cc21. The van der Waals surface area contributed by atoms with E-state index >= 15 is 0 Å². The Morgan fingerprint density at radius 3 is 0.986 bits per heavy atom. The van der Waals surface area contributed by atoms with Crippen molar-refractivity contribution in [3.8, 4) is 79.4 Å². The van der Waals surface area contributed by atoms with Gasteiger partial charge in [0, 0.05) is 143 Å². The number of hydroxylamine groups is 4. The van der Waals surface area contributed by atoms with Crippen molar-refractivity contribution in [3.05, 3.63) is 243 Å². The van der Waals surface area contributed by atoms with Crippen molar-refractivity contribution >= 4 is 67.6 Å². The van der Waals surface area contributed by atoms with E-state index in [9.17, 15) is 44.7 Å². The number of halogens is 9. The van der Waals surface area contributed by atoms with Gasteiger partial charge in [-0.1, -0.05) is 40.2 Å². The molecule has 744 valence electrons. The van der Waals surface area contributed by atoms with Crippen LogP contribution in [0.5, 0.6) is 28.7 Å². The minimum absolute atomic E-state index is 0.00412. The number of benzene rings is 9. The standard InChI is InChI=1S/2C22H23F2N3O3.C21H18F2N2O2.C20H18F2O3.C14H15BrO3.C7H18N2Si2/c2*1-27-21(25)26-22(30-27)11-20(14-3-2-6-28-12-14)29-19-5-4-13(9-18(19)22)15-7-16(23)10-17(24)8-15;22-16-6-15(7-17(23)9-16)13-3-4-20-18(8-13)19(25-12-24)10-21(27-20)14-2-1-5-26-11-14;21-15-6-14(7-16(22)9-15)12-3-4-19-17(8-12)18(23)10-20(25-19)13-2-1-5-24-11-13;15-10-3-4-13-11(6-10)12(16)7-14(18-13)9-2-1-5-17-8-9;1-10(2,3)8-7-9-11(4,5)6/h2*4-5,7-10,14,20H,2-3,6,11-12H2,1H3,(H2,25,26);3-4,6-9,14,21H,1-2,5,10-11H2;3-4,6-9,13,20H,1-2,5,10-11H2;3-4,6,9,14H,1-2,5,7-8H2;1-6H3/t14-,20+,22+;14-,20+,22-;14-,21+;13-,20+;9-,14+;/m11111./s1. The fourth-order valence-electron chi connectivity index (χ4n) is 19.3. The van der Waals surface area contributed by atoms with Gasteiger partial charge >= 0.3 is 0 Å². The molecule has 12 aliphatic rings. The molecule has 21 rings (SSSR count). The van der Waals surface area contributed by atoms with Crippen molar-refractivity contribution in [2.45, 2.75) is 178 Å². The number of carbonyl (C=O) groups excluding carboxylic acids is 2. The van der Waals surface area contributed by atoms with Crippen LogP contribution in [-0.2, 0) is 44.8 Å². The molecule has 9 aromatic rings. The normalized spacial score (nSPS) is 25.0. The summed E-state index contributed by atoms with van der Waals surface area (Å²) in [5, 5.41) is 12.0. The number of hydrogen-bond acceptors (Lipinski definition) is 24. The van der Waals surface area contributed by atoms with Crippen LogP contribution in [0.25, 0.3) is 44.5 Å². The number of nitrogens with two attached hydrogens (primary N) is 2. The molecule has 12 heterocycles. The molecular weight excluding hydrogens is 1930 g/mol. The smallest absolute Gasteiger partial charge is 0.221 e. The quantitative estimate of drug-likeness (QED) is 0.0526. The average Bonchev–Trinajstić information content (AvgIpc) is 1.62. The number of Topliss-reactive ketones (excluding diaryl/α,β-unsaturated/α-hetero) is 2. The topological polar surface area (TPSA) is 289 Å². The second kappa shape index (κ2) is 45.0. The van der Waals surface area contributed by atoms with E-state index in [0.29, 0.717) is 178 Å². The second-order valence-corrected chi connectivity index (χ2v) is 49.2. The predicted octanol–water partition coefficient (Wildman–Crippen LogP) is 22.0. The zero-order valence-electron chi connectivity index (χ0n) is 79.9. The fourth-order valence-corrected chi connectivity index (χ4v) is 20.4. The highest BCUT2D eigenvalue weighted by Gasteiger charge is 2.53. The highest BCUT2D eigenvalue weighted by atomic mass is 79.9. The Bertz CT molecular complexity index is 6010. The number of guanidine groups is 2. The number of nitriles is 1. The van der Waals surface area contributed by atoms with E-state index in [1.165, 1.54) is 58.7 Å². The summed E-state index contributed by atoms with van der Waals surface area (Å²) in [6.07, 6.45) is 13.6. The van der Waals surface area contributed by atoms with Crippen LogP contribution in [0.15, 0.2) is 193 Å². The zero-order valence-corrected chi connectivity index (χ0v) is 83.5. The van der Waals surface area contributed by atoms with Crippen molar-refractivity contribution in [3.63, 3.8) is 0 Å². The van der Waals surface area contributed by atoms with Gasteiger partial charge in [-0.05, 0) is 263 Å². The van der Waals surface area contributed by atoms with Crippen molar-refractivity contribution in [1.82, 2.24) is 10.1 Å². The first kappa shape index (κ1) is 102. The van der Waals surface area contributed by atoms with E-state index in [0.717, 1.165) is 126 Å². The van der Waals surface area contributed by atoms with Crippen LogP contribution in [0.2, 0.25) is 39.3 Å². The van der Waals surface area contributed by atoms with Gasteiger partial charge in [-0.3, -0.25) is 18.9 Å². The molecule has 12 aliphatic heterocycles. The lowest BCUT2D eigenvalue weighted by Gasteiger charge is -2.41. The van der Waals surface area contributed by atoms with Crippen LogP contribution < -0.4 is 35.2 Å². The van der Waals surface area contributed by atoms with Crippen LogP contribution in [0.1, 0.15) is 134 Å². The average molecular weight is 2040 g/mol. The number of ether oxygens (including phenoxy) is 10. The molecule has 141 heavy (non-hydrogen) atoms. The third-order valence-electron chi connectivity index (χ3n) is 26.3. The summed E-state index contributed by atoms with van der Waals surface area (Å²) in [6, 6.07) is 43.2. The molecule has 0 bridgehead atoms. The first-order valence-electron chi connectivity index (χ1n) is 47.8. The van der Waals surface area contributed by atoms with Crippen LogP contribution in [-0.4, -0.2) is 172 Å². The van der Waals surface area contributed by atoms with E-state index < -0.39 is 74.5 Å². The van der Waals surface area contributed by atoms with Crippen LogP contribution in [0.3, 0.4) is 0 Å².